The number of carbonyl (C=O) groups is 1. The Bertz CT molecular complexity index is 685. The van der Waals surface area contributed by atoms with Gasteiger partial charge in [-0.25, -0.2) is 12.8 Å². The monoisotopic (exact) mass is 358 g/mol. The summed E-state index contributed by atoms with van der Waals surface area (Å²) in [6, 6.07) is 3.39. The summed E-state index contributed by atoms with van der Waals surface area (Å²) < 4.78 is 45.6. The first-order chi connectivity index (χ1) is 11.4. The summed E-state index contributed by atoms with van der Waals surface area (Å²) in [4.78, 5) is 11.6. The van der Waals surface area contributed by atoms with Gasteiger partial charge in [-0.1, -0.05) is 6.92 Å². The highest BCUT2D eigenvalue weighted by atomic mass is 32.2. The predicted octanol–water partition coefficient (Wildman–Crippen LogP) is 1.62. The van der Waals surface area contributed by atoms with Gasteiger partial charge in [-0.05, 0) is 37.0 Å². The zero-order chi connectivity index (χ0) is 17.7. The van der Waals surface area contributed by atoms with E-state index in [1.54, 1.807) is 0 Å². The fraction of sp³-hybridized carbons (Fsp3) is 0.562. The number of nitrogens with one attached hydrogen (secondary N) is 1. The lowest BCUT2D eigenvalue weighted by Crippen LogP contribution is -2.38. The largest absolute Gasteiger partial charge is 0.383 e. The molecule has 134 valence electrons. The minimum atomic E-state index is -3.94. The number of methoxy groups -OCH3 is 1. The number of ether oxygens (including phenoxy) is 1. The molecule has 6 nitrogen and oxygen atoms in total. The molecule has 1 aliphatic rings. The number of carbonyl (C=O) groups excluding carboxylic acids is 1. The van der Waals surface area contributed by atoms with E-state index in [0.717, 1.165) is 25.0 Å². The van der Waals surface area contributed by atoms with Crippen LogP contribution >= 0.6 is 0 Å². The molecule has 2 rings (SSSR count). The smallest absolute Gasteiger partial charge is 0.251 e. The average molecular weight is 358 g/mol. The molecule has 0 unspecified atom stereocenters. The second-order valence-electron chi connectivity index (χ2n) is 5.98. The molecule has 1 saturated heterocycles. The number of amides is 1. The van der Waals surface area contributed by atoms with Gasteiger partial charge >= 0.3 is 0 Å². The van der Waals surface area contributed by atoms with Crippen molar-refractivity contribution in [2.75, 3.05) is 33.4 Å². The van der Waals surface area contributed by atoms with Crippen molar-refractivity contribution in [3.05, 3.63) is 29.6 Å². The minimum absolute atomic E-state index is 0.108. The van der Waals surface area contributed by atoms with Gasteiger partial charge in [0, 0.05) is 32.3 Å². The van der Waals surface area contributed by atoms with Gasteiger partial charge in [0.2, 0.25) is 10.0 Å². The number of piperidine rings is 1. The van der Waals surface area contributed by atoms with E-state index in [-0.39, 0.29) is 5.56 Å². The number of benzene rings is 1. The summed E-state index contributed by atoms with van der Waals surface area (Å²) in [6.07, 6.45) is 1.50. The molecule has 0 atom stereocenters. The molecule has 24 heavy (non-hydrogen) atoms. The second kappa shape index (κ2) is 8.04. The number of halogens is 1. The Labute approximate surface area is 142 Å². The van der Waals surface area contributed by atoms with Gasteiger partial charge in [0.05, 0.1) is 6.61 Å². The van der Waals surface area contributed by atoms with Crippen LogP contribution in [0.3, 0.4) is 0 Å². The van der Waals surface area contributed by atoms with Crippen molar-refractivity contribution in [1.29, 1.82) is 0 Å². The van der Waals surface area contributed by atoms with Crippen LogP contribution in [0.2, 0.25) is 0 Å². The topological polar surface area (TPSA) is 75.7 Å². The molecule has 0 radical (unpaired) electrons. The lowest BCUT2D eigenvalue weighted by molar-refractivity contribution is 0.0937. The Balaban J connectivity index is 2.22. The standard InChI is InChI=1S/C16H23FN2O4S/c1-12-5-8-19(9-6-12)24(21,22)15-11-13(3-4-14(15)17)16(20)18-7-10-23-2/h3-4,11-12H,5-10H2,1-2H3,(H,18,20). The Hall–Kier alpha value is -1.51. The number of hydrogen-bond donors (Lipinski definition) is 1. The Morgan fingerprint density at radius 2 is 2.04 bits per heavy atom. The zero-order valence-electron chi connectivity index (χ0n) is 13.9. The van der Waals surface area contributed by atoms with Crippen LogP contribution in [0.25, 0.3) is 0 Å². The van der Waals surface area contributed by atoms with Crippen molar-refractivity contribution in [2.24, 2.45) is 5.92 Å². The number of rotatable bonds is 6. The van der Waals surface area contributed by atoms with Gasteiger partial charge in [0.1, 0.15) is 10.7 Å². The third-order valence-corrected chi connectivity index (χ3v) is 6.06. The quantitative estimate of drug-likeness (QED) is 0.784. The first-order valence-corrected chi connectivity index (χ1v) is 9.37. The van der Waals surface area contributed by atoms with E-state index in [2.05, 4.69) is 12.2 Å². The first kappa shape index (κ1) is 18.8. The Morgan fingerprint density at radius 1 is 1.38 bits per heavy atom. The van der Waals surface area contributed by atoms with Crippen LogP contribution < -0.4 is 5.32 Å². The molecule has 0 aliphatic carbocycles. The van der Waals surface area contributed by atoms with Crippen LogP contribution in [0.5, 0.6) is 0 Å². The molecule has 1 fully saturated rings. The van der Waals surface area contributed by atoms with Crippen molar-refractivity contribution in [2.45, 2.75) is 24.7 Å². The molecular weight excluding hydrogens is 335 g/mol. The summed E-state index contributed by atoms with van der Waals surface area (Å²) in [6.45, 7) is 3.43. The summed E-state index contributed by atoms with van der Waals surface area (Å²) in [5.41, 5.74) is 0.108. The molecule has 0 saturated carbocycles. The summed E-state index contributed by atoms with van der Waals surface area (Å²) in [7, 11) is -2.44. The van der Waals surface area contributed by atoms with Crippen molar-refractivity contribution >= 4 is 15.9 Å². The van der Waals surface area contributed by atoms with Crippen LogP contribution in [0.15, 0.2) is 23.1 Å². The van der Waals surface area contributed by atoms with E-state index in [4.69, 9.17) is 4.74 Å². The normalized spacial score (nSPS) is 17.0. The lowest BCUT2D eigenvalue weighted by atomic mass is 10.0. The van der Waals surface area contributed by atoms with Gasteiger partial charge in [-0.2, -0.15) is 4.31 Å². The van der Waals surface area contributed by atoms with Crippen molar-refractivity contribution in [3.8, 4) is 0 Å². The molecule has 1 heterocycles. The fourth-order valence-electron chi connectivity index (χ4n) is 2.58. The fourth-order valence-corrected chi connectivity index (χ4v) is 4.14. The first-order valence-electron chi connectivity index (χ1n) is 7.93. The molecule has 1 aromatic carbocycles. The van der Waals surface area contributed by atoms with Crippen LogP contribution in [0.4, 0.5) is 4.39 Å². The number of nitrogens with zero attached hydrogens (tertiary/aromatic N) is 1. The SMILES string of the molecule is COCCNC(=O)c1ccc(F)c(S(=O)(=O)N2CCC(C)CC2)c1. The summed E-state index contributed by atoms with van der Waals surface area (Å²) >= 11 is 0. The van der Waals surface area contributed by atoms with Crippen molar-refractivity contribution < 1.29 is 22.3 Å². The molecule has 1 amide bonds. The molecule has 1 N–H and O–H groups in total. The Kier molecular flexibility index (Phi) is 6.31. The number of sulfonamides is 1. The maximum atomic E-state index is 14.1. The molecule has 0 bridgehead atoms. The highest BCUT2D eigenvalue weighted by Crippen LogP contribution is 2.25. The molecule has 1 aliphatic heterocycles. The predicted molar refractivity (Wildman–Crippen MR) is 87.8 cm³/mol. The molecule has 8 heteroatoms. The molecule has 0 spiro atoms. The summed E-state index contributed by atoms with van der Waals surface area (Å²) in [5.74, 6) is -0.850. The van der Waals surface area contributed by atoms with Gasteiger partial charge in [0.25, 0.3) is 5.91 Å². The second-order valence-corrected chi connectivity index (χ2v) is 7.89. The zero-order valence-corrected chi connectivity index (χ0v) is 14.7. The Morgan fingerprint density at radius 3 is 2.67 bits per heavy atom. The van der Waals surface area contributed by atoms with Crippen molar-refractivity contribution in [3.63, 3.8) is 0 Å². The van der Waals surface area contributed by atoms with Gasteiger partial charge in [0.15, 0.2) is 0 Å². The minimum Gasteiger partial charge on any atom is -0.383 e. The van der Waals surface area contributed by atoms with E-state index >= 15 is 0 Å². The third kappa shape index (κ3) is 4.31. The third-order valence-electron chi connectivity index (χ3n) is 4.15. The van der Waals surface area contributed by atoms with Crippen LogP contribution in [-0.2, 0) is 14.8 Å². The van der Waals surface area contributed by atoms with E-state index in [1.807, 2.05) is 0 Å². The van der Waals surface area contributed by atoms with Crippen LogP contribution in [0, 0.1) is 11.7 Å². The average Bonchev–Trinajstić information content (AvgIpc) is 2.55. The highest BCUT2D eigenvalue weighted by Gasteiger charge is 2.30. The van der Waals surface area contributed by atoms with E-state index in [1.165, 1.54) is 17.5 Å². The summed E-state index contributed by atoms with van der Waals surface area (Å²) in [5, 5.41) is 2.59. The van der Waals surface area contributed by atoms with E-state index in [9.17, 15) is 17.6 Å². The molecule has 0 aromatic heterocycles. The molecular formula is C16H23FN2O4S. The highest BCUT2D eigenvalue weighted by molar-refractivity contribution is 7.89. The van der Waals surface area contributed by atoms with E-state index in [0.29, 0.717) is 32.2 Å². The molecule has 1 aromatic rings. The van der Waals surface area contributed by atoms with Crippen LogP contribution in [0.1, 0.15) is 30.1 Å². The van der Waals surface area contributed by atoms with Gasteiger partial charge in [-0.3, -0.25) is 4.79 Å². The lowest BCUT2D eigenvalue weighted by Gasteiger charge is -2.29. The maximum absolute atomic E-state index is 14.1. The van der Waals surface area contributed by atoms with Crippen LogP contribution in [-0.4, -0.2) is 52.0 Å². The maximum Gasteiger partial charge on any atom is 0.251 e. The van der Waals surface area contributed by atoms with Gasteiger partial charge < -0.3 is 10.1 Å². The van der Waals surface area contributed by atoms with Crippen molar-refractivity contribution in [1.82, 2.24) is 9.62 Å². The number of hydrogen-bond acceptors (Lipinski definition) is 4. The van der Waals surface area contributed by atoms with Gasteiger partial charge in [-0.15, -0.1) is 0 Å². The van der Waals surface area contributed by atoms with E-state index < -0.39 is 26.6 Å².